The fourth-order valence-electron chi connectivity index (χ4n) is 4.83. The number of aromatic nitrogens is 1. The largest absolute Gasteiger partial charge is 0.426 e. The van der Waals surface area contributed by atoms with Gasteiger partial charge in [0.1, 0.15) is 5.75 Å². The Balaban J connectivity index is 1.39. The number of hydrogen-bond donors (Lipinski definition) is 0. The summed E-state index contributed by atoms with van der Waals surface area (Å²) < 4.78 is 5.71. The number of carbonyl (C=O) groups is 1. The molecule has 0 radical (unpaired) electrons. The maximum atomic E-state index is 12.7. The number of esters is 1. The lowest BCUT2D eigenvalue weighted by Gasteiger charge is -2.27. The molecule has 0 amide bonds. The zero-order valence-corrected chi connectivity index (χ0v) is 20.2. The molecule has 1 aromatic carbocycles. The summed E-state index contributed by atoms with van der Waals surface area (Å²) in [6.45, 7) is 4.44. The molecule has 3 rings (SSSR count). The molecular weight excluding hydrogens is 394 g/mol. The van der Waals surface area contributed by atoms with E-state index in [2.05, 4.69) is 31.0 Å². The van der Waals surface area contributed by atoms with Crippen LogP contribution in [0, 0.1) is 11.8 Å². The summed E-state index contributed by atoms with van der Waals surface area (Å²) in [6, 6.07) is 12.0. The molecule has 3 nitrogen and oxygen atoms in total. The number of unbranched alkanes of at least 4 members (excludes halogenated alkanes) is 5. The minimum Gasteiger partial charge on any atom is -0.426 e. The number of benzene rings is 1. The first kappa shape index (κ1) is 24.5. The zero-order chi connectivity index (χ0) is 22.6. The Morgan fingerprint density at radius 1 is 0.875 bits per heavy atom. The third kappa shape index (κ3) is 7.76. The van der Waals surface area contributed by atoms with E-state index in [4.69, 9.17) is 4.74 Å². The van der Waals surface area contributed by atoms with Crippen molar-refractivity contribution < 1.29 is 9.53 Å². The molecule has 0 atom stereocenters. The monoisotopic (exact) mass is 435 g/mol. The lowest BCUT2D eigenvalue weighted by Crippen LogP contribution is -2.25. The second-order valence-electron chi connectivity index (χ2n) is 9.52. The molecule has 174 valence electrons. The van der Waals surface area contributed by atoms with Gasteiger partial charge in [-0.2, -0.15) is 0 Å². The Morgan fingerprint density at radius 3 is 2.25 bits per heavy atom. The number of rotatable bonds is 12. The van der Waals surface area contributed by atoms with Crippen molar-refractivity contribution in [2.75, 3.05) is 0 Å². The summed E-state index contributed by atoms with van der Waals surface area (Å²) in [5.74, 6) is 1.44. The van der Waals surface area contributed by atoms with Crippen LogP contribution < -0.4 is 4.74 Å². The smallest absolute Gasteiger partial charge is 0.314 e. The van der Waals surface area contributed by atoms with Crippen molar-refractivity contribution in [3.63, 3.8) is 0 Å². The van der Waals surface area contributed by atoms with E-state index in [0.29, 0.717) is 5.75 Å². The normalized spacial score (nSPS) is 18.4. The minimum atomic E-state index is -0.0576. The molecule has 0 aliphatic heterocycles. The summed E-state index contributed by atoms with van der Waals surface area (Å²) in [5, 5.41) is 0. The number of hydrogen-bond acceptors (Lipinski definition) is 3. The quantitative estimate of drug-likeness (QED) is 0.192. The van der Waals surface area contributed by atoms with E-state index in [0.717, 1.165) is 42.9 Å². The average molecular weight is 436 g/mol. The Bertz CT molecular complexity index is 789. The first-order valence-electron chi connectivity index (χ1n) is 13.0. The van der Waals surface area contributed by atoms with Crippen LogP contribution >= 0.6 is 0 Å². The molecule has 1 aliphatic carbocycles. The molecule has 0 N–H and O–H groups in total. The summed E-state index contributed by atoms with van der Waals surface area (Å²) in [5.41, 5.74) is 3.26. The number of nitrogens with zero attached hydrogens (tertiary/aromatic N) is 1. The molecule has 2 aromatic rings. The van der Waals surface area contributed by atoms with Gasteiger partial charge in [-0.3, -0.25) is 9.78 Å². The van der Waals surface area contributed by atoms with Crippen LogP contribution in [0.5, 0.6) is 5.75 Å². The molecule has 0 saturated heterocycles. The molecule has 0 spiro atoms. The third-order valence-corrected chi connectivity index (χ3v) is 6.88. The Kier molecular flexibility index (Phi) is 10.3. The van der Waals surface area contributed by atoms with Crippen LogP contribution in [0.2, 0.25) is 0 Å². The van der Waals surface area contributed by atoms with Gasteiger partial charge in [-0.15, -0.1) is 0 Å². The van der Waals surface area contributed by atoms with Crippen LogP contribution in [0.15, 0.2) is 42.6 Å². The molecule has 3 heteroatoms. The predicted octanol–water partition coefficient (Wildman–Crippen LogP) is 8.16. The van der Waals surface area contributed by atoms with Gasteiger partial charge in [0, 0.05) is 11.8 Å². The Labute approximate surface area is 195 Å². The number of aryl methyl sites for hydroxylation is 1. The number of carbonyl (C=O) groups excluding carboxylic acids is 1. The fraction of sp³-hybridized carbons (Fsp3) is 0.586. The molecular formula is C29H41NO2. The van der Waals surface area contributed by atoms with Gasteiger partial charge in [0.2, 0.25) is 0 Å². The second-order valence-corrected chi connectivity index (χ2v) is 9.52. The molecule has 1 aromatic heterocycles. The van der Waals surface area contributed by atoms with Crippen molar-refractivity contribution >= 4 is 5.97 Å². The van der Waals surface area contributed by atoms with Gasteiger partial charge in [-0.25, -0.2) is 0 Å². The highest BCUT2D eigenvalue weighted by Crippen LogP contribution is 2.33. The summed E-state index contributed by atoms with van der Waals surface area (Å²) >= 11 is 0. The van der Waals surface area contributed by atoms with E-state index in [1.54, 1.807) is 0 Å². The number of ether oxygens (including phenoxy) is 1. The van der Waals surface area contributed by atoms with E-state index in [-0.39, 0.29) is 11.9 Å². The maximum Gasteiger partial charge on any atom is 0.314 e. The molecule has 1 heterocycles. The summed E-state index contributed by atoms with van der Waals surface area (Å²) in [4.78, 5) is 17.2. The average Bonchev–Trinajstić information content (AvgIpc) is 2.83. The van der Waals surface area contributed by atoms with Crippen molar-refractivity contribution in [3.8, 4) is 17.0 Å². The second kappa shape index (κ2) is 13.4. The van der Waals surface area contributed by atoms with Crippen LogP contribution in [0.1, 0.15) is 96.5 Å². The van der Waals surface area contributed by atoms with Gasteiger partial charge in [0.25, 0.3) is 0 Å². The van der Waals surface area contributed by atoms with Gasteiger partial charge in [0.15, 0.2) is 0 Å². The highest BCUT2D eigenvalue weighted by molar-refractivity contribution is 5.75. The molecule has 1 aliphatic rings. The highest BCUT2D eigenvalue weighted by Gasteiger charge is 2.27. The van der Waals surface area contributed by atoms with E-state index < -0.39 is 0 Å². The number of pyridine rings is 1. The van der Waals surface area contributed by atoms with Crippen molar-refractivity contribution in [1.29, 1.82) is 0 Å². The molecule has 1 saturated carbocycles. The van der Waals surface area contributed by atoms with E-state index in [1.165, 1.54) is 63.4 Å². The SMILES string of the molecule is CCCCCCCC[C@H]1CC[C@H](C(=O)Oc2ccc(-c3ccc(CCC)cn3)cc2)CC1. The van der Waals surface area contributed by atoms with Crippen molar-refractivity contribution in [2.45, 2.75) is 97.3 Å². The molecule has 0 bridgehead atoms. The van der Waals surface area contributed by atoms with Gasteiger partial charge in [0.05, 0.1) is 11.6 Å². The van der Waals surface area contributed by atoms with Crippen LogP contribution in [0.25, 0.3) is 11.3 Å². The van der Waals surface area contributed by atoms with Gasteiger partial charge in [-0.05, 0) is 73.9 Å². The lowest BCUT2D eigenvalue weighted by atomic mass is 9.80. The topological polar surface area (TPSA) is 39.2 Å². The lowest BCUT2D eigenvalue weighted by molar-refractivity contribution is -0.140. The highest BCUT2D eigenvalue weighted by atomic mass is 16.5. The van der Waals surface area contributed by atoms with E-state index in [1.807, 2.05) is 30.5 Å². The van der Waals surface area contributed by atoms with E-state index in [9.17, 15) is 4.79 Å². The minimum absolute atomic E-state index is 0.0576. The molecule has 32 heavy (non-hydrogen) atoms. The maximum absolute atomic E-state index is 12.7. The summed E-state index contributed by atoms with van der Waals surface area (Å²) in [6.07, 6.45) is 18.0. The van der Waals surface area contributed by atoms with Gasteiger partial charge >= 0.3 is 5.97 Å². The standard InChI is InChI=1S/C29H41NO2/c1-3-5-6-7-8-9-11-23-12-15-26(16-13-23)29(31)32-27-19-17-25(18-20-27)28-21-14-24(10-4-2)22-30-28/h14,17-23,26H,3-13,15-16H2,1-2H3/t23-,26-. The van der Waals surface area contributed by atoms with Crippen LogP contribution in [-0.2, 0) is 11.2 Å². The van der Waals surface area contributed by atoms with E-state index >= 15 is 0 Å². The van der Waals surface area contributed by atoms with Crippen LogP contribution in [-0.4, -0.2) is 11.0 Å². The first-order valence-corrected chi connectivity index (χ1v) is 13.0. The molecule has 0 unspecified atom stereocenters. The Morgan fingerprint density at radius 2 is 1.59 bits per heavy atom. The Hall–Kier alpha value is -2.16. The van der Waals surface area contributed by atoms with Gasteiger partial charge in [-0.1, -0.05) is 71.3 Å². The predicted molar refractivity (Wildman–Crippen MR) is 133 cm³/mol. The fourth-order valence-corrected chi connectivity index (χ4v) is 4.83. The van der Waals surface area contributed by atoms with Crippen molar-refractivity contribution in [3.05, 3.63) is 48.2 Å². The van der Waals surface area contributed by atoms with Gasteiger partial charge < -0.3 is 4.74 Å². The van der Waals surface area contributed by atoms with Crippen LogP contribution in [0.3, 0.4) is 0 Å². The van der Waals surface area contributed by atoms with Crippen molar-refractivity contribution in [2.24, 2.45) is 11.8 Å². The van der Waals surface area contributed by atoms with Crippen molar-refractivity contribution in [1.82, 2.24) is 4.98 Å². The molecule has 1 fully saturated rings. The summed E-state index contributed by atoms with van der Waals surface area (Å²) in [7, 11) is 0. The van der Waals surface area contributed by atoms with Crippen LogP contribution in [0.4, 0.5) is 0 Å². The third-order valence-electron chi connectivity index (χ3n) is 6.88. The zero-order valence-electron chi connectivity index (χ0n) is 20.2. The first-order chi connectivity index (χ1) is 15.7.